The highest BCUT2D eigenvalue weighted by atomic mass is 19.1. The molecule has 2 N–H and O–H groups in total. The Kier molecular flexibility index (Phi) is 3.71. The number of hydrogen-bond acceptors (Lipinski definition) is 3. The van der Waals surface area contributed by atoms with Crippen molar-refractivity contribution in [1.82, 2.24) is 0 Å². The van der Waals surface area contributed by atoms with Gasteiger partial charge in [-0.05, 0) is 18.8 Å². The minimum Gasteiger partial charge on any atom is -0.494 e. The van der Waals surface area contributed by atoms with Crippen LogP contribution in [0.4, 0.5) is 14.5 Å². The van der Waals surface area contributed by atoms with Crippen LogP contribution < -0.4 is 15.4 Å². The van der Waals surface area contributed by atoms with Crippen molar-refractivity contribution in [2.75, 3.05) is 25.6 Å². The lowest BCUT2D eigenvalue weighted by Gasteiger charge is -2.36. The van der Waals surface area contributed by atoms with Crippen molar-refractivity contribution in [2.45, 2.75) is 18.9 Å². The number of methoxy groups -OCH3 is 1. The summed E-state index contributed by atoms with van der Waals surface area (Å²) in [5.74, 6) is -0.629. The van der Waals surface area contributed by atoms with Crippen molar-refractivity contribution in [1.29, 1.82) is 0 Å². The van der Waals surface area contributed by atoms with E-state index in [4.69, 9.17) is 10.5 Å². The zero-order valence-corrected chi connectivity index (χ0v) is 10.6. The number of anilines is 1. The summed E-state index contributed by atoms with van der Waals surface area (Å²) in [6.07, 6.45) is 1.90. The molecule has 0 radical (unpaired) electrons. The molecule has 1 aromatic rings. The maximum absolute atomic E-state index is 13.8. The number of nitrogens with zero attached hydrogens (tertiary/aromatic N) is 1. The molecule has 1 aromatic carbocycles. The summed E-state index contributed by atoms with van der Waals surface area (Å²) < 4.78 is 32.1. The van der Waals surface area contributed by atoms with Crippen LogP contribution in [0.25, 0.3) is 0 Å². The van der Waals surface area contributed by atoms with Gasteiger partial charge in [-0.15, -0.1) is 0 Å². The fraction of sp³-hybridized carbons (Fsp3) is 0.538. The summed E-state index contributed by atoms with van der Waals surface area (Å²) >= 11 is 0. The highest BCUT2D eigenvalue weighted by molar-refractivity contribution is 5.50. The van der Waals surface area contributed by atoms with Crippen LogP contribution in [0.2, 0.25) is 0 Å². The Hall–Kier alpha value is -1.36. The lowest BCUT2D eigenvalue weighted by atomic mass is 9.80. The zero-order chi connectivity index (χ0) is 13.3. The topological polar surface area (TPSA) is 38.5 Å². The zero-order valence-electron chi connectivity index (χ0n) is 10.6. The third-order valence-corrected chi connectivity index (χ3v) is 3.44. The van der Waals surface area contributed by atoms with Crippen molar-refractivity contribution in [3.8, 4) is 5.75 Å². The van der Waals surface area contributed by atoms with Gasteiger partial charge < -0.3 is 15.4 Å². The van der Waals surface area contributed by atoms with Crippen LogP contribution >= 0.6 is 0 Å². The van der Waals surface area contributed by atoms with Crippen molar-refractivity contribution in [3.05, 3.63) is 23.8 Å². The molecule has 0 bridgehead atoms. The Labute approximate surface area is 106 Å². The minimum absolute atomic E-state index is 0.0738. The second-order valence-electron chi connectivity index (χ2n) is 4.92. The van der Waals surface area contributed by atoms with E-state index in [1.54, 1.807) is 11.9 Å². The molecule has 0 spiro atoms. The van der Waals surface area contributed by atoms with E-state index in [1.165, 1.54) is 13.2 Å². The highest BCUT2D eigenvalue weighted by Crippen LogP contribution is 2.31. The first-order valence-corrected chi connectivity index (χ1v) is 6.01. The summed E-state index contributed by atoms with van der Waals surface area (Å²) in [6.45, 7) is 0.691. The molecule has 0 saturated heterocycles. The Bertz CT molecular complexity index is 433. The number of ether oxygens (including phenoxy) is 1. The number of halogens is 2. The predicted octanol–water partition coefficient (Wildman–Crippen LogP) is 2.15. The average molecular weight is 256 g/mol. The lowest BCUT2D eigenvalue weighted by molar-refractivity contribution is 0.270. The van der Waals surface area contributed by atoms with E-state index < -0.39 is 11.6 Å². The molecular formula is C13H18F2N2O. The summed E-state index contributed by atoms with van der Waals surface area (Å²) in [5.41, 5.74) is 5.96. The molecule has 18 heavy (non-hydrogen) atoms. The van der Waals surface area contributed by atoms with E-state index in [0.717, 1.165) is 18.9 Å². The van der Waals surface area contributed by atoms with Gasteiger partial charge >= 0.3 is 0 Å². The first-order valence-electron chi connectivity index (χ1n) is 6.01. The SMILES string of the molecule is COc1cc(F)c(N(C)CC2CC(N)C2)cc1F. The molecule has 0 atom stereocenters. The van der Waals surface area contributed by atoms with Gasteiger partial charge in [-0.2, -0.15) is 0 Å². The van der Waals surface area contributed by atoms with Crippen LogP contribution in [0.5, 0.6) is 5.75 Å². The maximum atomic E-state index is 13.8. The molecule has 1 aliphatic carbocycles. The Morgan fingerprint density at radius 1 is 1.33 bits per heavy atom. The Morgan fingerprint density at radius 3 is 2.56 bits per heavy atom. The fourth-order valence-corrected chi connectivity index (χ4v) is 2.39. The van der Waals surface area contributed by atoms with E-state index in [0.29, 0.717) is 12.5 Å². The smallest absolute Gasteiger partial charge is 0.167 e. The summed E-state index contributed by atoms with van der Waals surface area (Å²) in [7, 11) is 3.07. The van der Waals surface area contributed by atoms with Crippen molar-refractivity contribution < 1.29 is 13.5 Å². The van der Waals surface area contributed by atoms with Gasteiger partial charge in [-0.25, -0.2) is 8.78 Å². The van der Waals surface area contributed by atoms with Gasteiger partial charge in [0.05, 0.1) is 12.8 Å². The van der Waals surface area contributed by atoms with Crippen LogP contribution in [0.15, 0.2) is 12.1 Å². The second-order valence-corrected chi connectivity index (χ2v) is 4.92. The van der Waals surface area contributed by atoms with E-state index in [-0.39, 0.29) is 17.5 Å². The van der Waals surface area contributed by atoms with E-state index in [2.05, 4.69) is 0 Å². The molecule has 0 aliphatic heterocycles. The first-order chi connectivity index (χ1) is 8.51. The quantitative estimate of drug-likeness (QED) is 0.897. The first kappa shape index (κ1) is 13.1. The number of rotatable bonds is 4. The third kappa shape index (κ3) is 2.56. The molecule has 100 valence electrons. The fourth-order valence-electron chi connectivity index (χ4n) is 2.39. The molecule has 0 aromatic heterocycles. The molecule has 2 rings (SSSR count). The van der Waals surface area contributed by atoms with Crippen LogP contribution in [0.3, 0.4) is 0 Å². The Morgan fingerprint density at radius 2 is 2.00 bits per heavy atom. The summed E-state index contributed by atoms with van der Waals surface area (Å²) in [4.78, 5) is 1.73. The molecule has 1 aliphatic rings. The van der Waals surface area contributed by atoms with Gasteiger partial charge in [-0.3, -0.25) is 0 Å². The lowest BCUT2D eigenvalue weighted by Crippen LogP contribution is -2.42. The second kappa shape index (κ2) is 5.10. The molecule has 1 saturated carbocycles. The normalized spacial score (nSPS) is 22.5. The highest BCUT2D eigenvalue weighted by Gasteiger charge is 2.27. The van der Waals surface area contributed by atoms with E-state index in [1.807, 2.05) is 0 Å². The van der Waals surface area contributed by atoms with Crippen LogP contribution in [0, 0.1) is 17.6 Å². The third-order valence-electron chi connectivity index (χ3n) is 3.44. The van der Waals surface area contributed by atoms with Gasteiger partial charge in [0.15, 0.2) is 11.6 Å². The molecule has 0 amide bonds. The maximum Gasteiger partial charge on any atom is 0.167 e. The van der Waals surface area contributed by atoms with Gasteiger partial charge in [0.25, 0.3) is 0 Å². The number of nitrogens with two attached hydrogens (primary N) is 1. The molecule has 0 heterocycles. The van der Waals surface area contributed by atoms with Crippen molar-refractivity contribution >= 4 is 5.69 Å². The molecular weight excluding hydrogens is 238 g/mol. The molecule has 5 heteroatoms. The van der Waals surface area contributed by atoms with E-state index >= 15 is 0 Å². The van der Waals surface area contributed by atoms with Gasteiger partial charge in [0.1, 0.15) is 5.82 Å². The number of benzene rings is 1. The van der Waals surface area contributed by atoms with E-state index in [9.17, 15) is 8.78 Å². The summed E-state index contributed by atoms with van der Waals surface area (Å²) in [6, 6.07) is 2.52. The number of hydrogen-bond donors (Lipinski definition) is 1. The van der Waals surface area contributed by atoms with Crippen LogP contribution in [0.1, 0.15) is 12.8 Å². The largest absolute Gasteiger partial charge is 0.494 e. The van der Waals surface area contributed by atoms with Gasteiger partial charge in [0, 0.05) is 31.8 Å². The van der Waals surface area contributed by atoms with Crippen molar-refractivity contribution in [2.24, 2.45) is 11.7 Å². The van der Waals surface area contributed by atoms with Gasteiger partial charge in [-0.1, -0.05) is 0 Å². The summed E-state index contributed by atoms with van der Waals surface area (Å²) in [5, 5.41) is 0. The molecule has 1 fully saturated rings. The van der Waals surface area contributed by atoms with Crippen LogP contribution in [-0.4, -0.2) is 26.7 Å². The monoisotopic (exact) mass is 256 g/mol. The standard InChI is InChI=1S/C13H18F2N2O/c1-17(7-8-3-9(16)4-8)12-5-11(15)13(18-2)6-10(12)14/h5-6,8-9H,3-4,7,16H2,1-2H3. The molecule has 3 nitrogen and oxygen atoms in total. The van der Waals surface area contributed by atoms with Crippen LogP contribution in [-0.2, 0) is 0 Å². The van der Waals surface area contributed by atoms with Crippen molar-refractivity contribution in [3.63, 3.8) is 0 Å². The average Bonchev–Trinajstić information content (AvgIpc) is 2.29. The predicted molar refractivity (Wildman–Crippen MR) is 66.9 cm³/mol. The minimum atomic E-state index is -0.550. The van der Waals surface area contributed by atoms with Gasteiger partial charge in [0.2, 0.25) is 0 Å². The Balaban J connectivity index is 2.09. The molecule has 0 unspecified atom stereocenters.